The number of amides is 1. The third-order valence-electron chi connectivity index (χ3n) is 6.21. The summed E-state index contributed by atoms with van der Waals surface area (Å²) in [5.41, 5.74) is 13.3. The Bertz CT molecular complexity index is 841. The number of allylic oxidation sites excluding steroid dienone is 1. The fourth-order valence-corrected chi connectivity index (χ4v) is 4.80. The highest BCUT2D eigenvalue weighted by molar-refractivity contribution is 6.31. The minimum absolute atomic E-state index is 0.00260. The summed E-state index contributed by atoms with van der Waals surface area (Å²) in [6.45, 7) is 2.06. The summed E-state index contributed by atoms with van der Waals surface area (Å²) in [5, 5.41) is 12.6. The molecule has 3 rings (SSSR count). The summed E-state index contributed by atoms with van der Waals surface area (Å²) >= 11 is 5.78. The molecule has 6 N–H and O–H groups in total. The summed E-state index contributed by atoms with van der Waals surface area (Å²) in [7, 11) is 1.49. The lowest BCUT2D eigenvalue weighted by atomic mass is 9.90. The number of amidine groups is 1. The van der Waals surface area contributed by atoms with Gasteiger partial charge in [-0.3, -0.25) is 9.79 Å². The van der Waals surface area contributed by atoms with Crippen molar-refractivity contribution in [2.24, 2.45) is 40.1 Å². The number of rotatable bonds is 4. The Labute approximate surface area is 168 Å². The van der Waals surface area contributed by atoms with Crippen LogP contribution in [0.5, 0.6) is 0 Å². The zero-order chi connectivity index (χ0) is 20.6. The van der Waals surface area contributed by atoms with Crippen LogP contribution in [-0.2, 0) is 4.79 Å². The van der Waals surface area contributed by atoms with E-state index in [-0.39, 0.29) is 34.4 Å². The number of nitrogens with zero attached hydrogens (tertiary/aromatic N) is 1. The highest BCUT2D eigenvalue weighted by Crippen LogP contribution is 2.51. The monoisotopic (exact) mass is 408 g/mol. The predicted octanol–water partition coefficient (Wildman–Crippen LogP) is 2.66. The molecule has 2 saturated carbocycles. The zero-order valence-electron chi connectivity index (χ0n) is 16.0. The molecule has 0 aliphatic heterocycles. The Balaban J connectivity index is 1.85. The van der Waals surface area contributed by atoms with Gasteiger partial charge in [0.1, 0.15) is 17.2 Å². The molecule has 1 aromatic carbocycles. The summed E-state index contributed by atoms with van der Waals surface area (Å²) in [5.74, 6) is -0.0197. The number of carbonyl (C=O) groups excluding carboxylic acids is 1. The first kappa shape index (κ1) is 20.6. The molecule has 0 aromatic heterocycles. The standard InChI is InChI=1S/C20H26ClFN4O2/c1-9-13-6-11(5-10(13)7-16(9)27)18(23)17(19(24)25-2)20(28)26-12-3-4-15(22)14(21)8-12/h3-4,8-11,13,16,27H,5-7,23H2,1-2H3,(H2,24,25)(H,26,28)/b18-17+. The van der Waals surface area contributed by atoms with Crippen LogP contribution in [0.15, 0.2) is 34.5 Å². The van der Waals surface area contributed by atoms with E-state index in [4.69, 9.17) is 23.1 Å². The number of aliphatic imine (C=N–C) groups is 1. The molecule has 1 amide bonds. The third kappa shape index (κ3) is 3.86. The average Bonchev–Trinajstić information content (AvgIpc) is 3.17. The van der Waals surface area contributed by atoms with Crippen molar-refractivity contribution in [1.29, 1.82) is 0 Å². The first-order chi connectivity index (χ1) is 13.2. The number of nitrogens with two attached hydrogens (primary N) is 2. The molecule has 6 nitrogen and oxygen atoms in total. The fourth-order valence-electron chi connectivity index (χ4n) is 4.62. The molecule has 1 aromatic rings. The van der Waals surface area contributed by atoms with E-state index >= 15 is 0 Å². The van der Waals surface area contributed by atoms with Crippen LogP contribution in [0.3, 0.4) is 0 Å². The van der Waals surface area contributed by atoms with Gasteiger partial charge in [-0.05, 0) is 61.1 Å². The van der Waals surface area contributed by atoms with E-state index in [0.29, 0.717) is 23.2 Å². The number of anilines is 1. The third-order valence-corrected chi connectivity index (χ3v) is 6.50. The second-order valence-corrected chi connectivity index (χ2v) is 8.18. The van der Waals surface area contributed by atoms with Gasteiger partial charge in [0, 0.05) is 18.4 Å². The van der Waals surface area contributed by atoms with E-state index < -0.39 is 11.7 Å². The van der Waals surface area contributed by atoms with E-state index in [1.165, 1.54) is 25.2 Å². The van der Waals surface area contributed by atoms with Gasteiger partial charge in [0.15, 0.2) is 0 Å². The maximum Gasteiger partial charge on any atom is 0.261 e. The van der Waals surface area contributed by atoms with E-state index in [1.54, 1.807) is 0 Å². The molecule has 5 unspecified atom stereocenters. The summed E-state index contributed by atoms with van der Waals surface area (Å²) in [6.07, 6.45) is 2.12. The van der Waals surface area contributed by atoms with Gasteiger partial charge in [-0.15, -0.1) is 0 Å². The molecule has 0 spiro atoms. The quantitative estimate of drug-likeness (QED) is 0.348. The van der Waals surface area contributed by atoms with Crippen molar-refractivity contribution in [3.8, 4) is 0 Å². The number of fused-ring (bicyclic) bond motifs is 1. The number of nitrogens with one attached hydrogen (secondary N) is 1. The highest BCUT2D eigenvalue weighted by atomic mass is 35.5. The zero-order valence-corrected chi connectivity index (χ0v) is 16.7. The van der Waals surface area contributed by atoms with Gasteiger partial charge in [0.05, 0.1) is 11.1 Å². The Morgan fingerprint density at radius 3 is 2.64 bits per heavy atom. The van der Waals surface area contributed by atoms with Gasteiger partial charge >= 0.3 is 0 Å². The lowest BCUT2D eigenvalue weighted by molar-refractivity contribution is -0.112. The largest absolute Gasteiger partial charge is 0.401 e. The topological polar surface area (TPSA) is 114 Å². The minimum Gasteiger partial charge on any atom is -0.401 e. The predicted molar refractivity (Wildman–Crippen MR) is 108 cm³/mol. The van der Waals surface area contributed by atoms with Crippen LogP contribution in [0.25, 0.3) is 0 Å². The molecule has 28 heavy (non-hydrogen) atoms. The van der Waals surface area contributed by atoms with Crippen molar-refractivity contribution in [3.05, 3.63) is 40.3 Å². The average molecular weight is 409 g/mol. The Hall–Kier alpha value is -2.12. The molecular formula is C20H26ClFN4O2. The maximum atomic E-state index is 13.4. The van der Waals surface area contributed by atoms with E-state index in [9.17, 15) is 14.3 Å². The smallest absolute Gasteiger partial charge is 0.261 e. The first-order valence-electron chi connectivity index (χ1n) is 9.39. The molecule has 152 valence electrons. The Kier molecular flexibility index (Phi) is 5.95. The molecular weight excluding hydrogens is 383 g/mol. The maximum absolute atomic E-state index is 13.4. The molecule has 2 fully saturated rings. The van der Waals surface area contributed by atoms with Crippen molar-refractivity contribution in [1.82, 2.24) is 0 Å². The second kappa shape index (κ2) is 8.09. The van der Waals surface area contributed by atoms with E-state index in [0.717, 1.165) is 19.3 Å². The number of aliphatic hydroxyl groups excluding tert-OH is 1. The van der Waals surface area contributed by atoms with Crippen molar-refractivity contribution < 1.29 is 14.3 Å². The van der Waals surface area contributed by atoms with Gasteiger partial charge in [-0.1, -0.05) is 18.5 Å². The van der Waals surface area contributed by atoms with Gasteiger partial charge in [0.25, 0.3) is 5.91 Å². The van der Waals surface area contributed by atoms with Crippen LogP contribution in [0.4, 0.5) is 10.1 Å². The van der Waals surface area contributed by atoms with Crippen LogP contribution >= 0.6 is 11.6 Å². The van der Waals surface area contributed by atoms with Crippen molar-refractivity contribution in [2.45, 2.75) is 32.3 Å². The molecule has 0 saturated heterocycles. The summed E-state index contributed by atoms with van der Waals surface area (Å²) < 4.78 is 13.4. The van der Waals surface area contributed by atoms with Gasteiger partial charge in [0.2, 0.25) is 0 Å². The minimum atomic E-state index is -0.571. The van der Waals surface area contributed by atoms with Gasteiger partial charge in [-0.25, -0.2) is 4.39 Å². The van der Waals surface area contributed by atoms with Crippen LogP contribution in [-0.4, -0.2) is 30.0 Å². The van der Waals surface area contributed by atoms with E-state index in [2.05, 4.69) is 17.2 Å². The number of carbonyl (C=O) groups is 1. The second-order valence-electron chi connectivity index (χ2n) is 7.78. The Morgan fingerprint density at radius 2 is 2.04 bits per heavy atom. The lowest BCUT2D eigenvalue weighted by Gasteiger charge is -2.20. The van der Waals surface area contributed by atoms with Crippen molar-refractivity contribution >= 4 is 29.0 Å². The number of hydrogen-bond donors (Lipinski definition) is 4. The molecule has 0 radical (unpaired) electrons. The number of halogens is 2. The number of aliphatic hydroxyl groups is 1. The summed E-state index contributed by atoms with van der Waals surface area (Å²) in [6, 6.07) is 3.91. The first-order valence-corrected chi connectivity index (χ1v) is 9.77. The van der Waals surface area contributed by atoms with Crippen LogP contribution in [0.1, 0.15) is 26.2 Å². The lowest BCUT2D eigenvalue weighted by Crippen LogP contribution is -2.31. The SMILES string of the molecule is CN=C(N)/C(C(=O)Nc1ccc(F)c(Cl)c1)=C(\N)C1CC2CC(O)C(C)C2C1. The molecule has 2 aliphatic carbocycles. The molecule has 0 bridgehead atoms. The van der Waals surface area contributed by atoms with Gasteiger partial charge in [-0.2, -0.15) is 0 Å². The van der Waals surface area contributed by atoms with Crippen molar-refractivity contribution in [2.75, 3.05) is 12.4 Å². The molecule has 8 heteroatoms. The van der Waals surface area contributed by atoms with Crippen molar-refractivity contribution in [3.63, 3.8) is 0 Å². The van der Waals surface area contributed by atoms with Crippen LogP contribution < -0.4 is 16.8 Å². The molecule has 5 atom stereocenters. The fraction of sp³-hybridized carbons (Fsp3) is 0.500. The van der Waals surface area contributed by atoms with Crippen LogP contribution in [0, 0.1) is 29.5 Å². The molecule has 0 heterocycles. The summed E-state index contributed by atoms with van der Waals surface area (Å²) in [4.78, 5) is 16.8. The van der Waals surface area contributed by atoms with Crippen LogP contribution in [0.2, 0.25) is 5.02 Å². The molecule has 2 aliphatic rings. The number of hydrogen-bond acceptors (Lipinski definition) is 4. The number of benzene rings is 1. The normalized spacial score (nSPS) is 30.8. The Morgan fingerprint density at radius 1 is 1.32 bits per heavy atom. The van der Waals surface area contributed by atoms with E-state index in [1.807, 2.05) is 0 Å². The van der Waals surface area contributed by atoms with Gasteiger partial charge < -0.3 is 21.9 Å². The highest BCUT2D eigenvalue weighted by Gasteiger charge is 2.47.